The lowest BCUT2D eigenvalue weighted by Crippen LogP contribution is -2.31. The summed E-state index contributed by atoms with van der Waals surface area (Å²) in [6.07, 6.45) is 2.22. The summed E-state index contributed by atoms with van der Waals surface area (Å²) in [4.78, 5) is 14.7. The fraction of sp³-hybridized carbons (Fsp3) is 0.200. The van der Waals surface area contributed by atoms with Crippen LogP contribution in [0.15, 0.2) is 35.6 Å². The number of rotatable bonds is 2. The van der Waals surface area contributed by atoms with Crippen LogP contribution in [-0.4, -0.2) is 25.3 Å². The quantitative estimate of drug-likeness (QED) is 0.763. The number of carbonyl (C=O) groups excluding carboxylic acids is 1. The smallest absolute Gasteiger partial charge is 0.240 e. The second kappa shape index (κ2) is 5.03. The van der Waals surface area contributed by atoms with Gasteiger partial charge in [0.2, 0.25) is 5.91 Å². The Morgan fingerprint density at radius 1 is 1.32 bits per heavy atom. The van der Waals surface area contributed by atoms with E-state index in [9.17, 15) is 4.79 Å². The minimum absolute atomic E-state index is 0.0303. The molecule has 2 aromatic heterocycles. The molecule has 0 spiro atoms. The van der Waals surface area contributed by atoms with Crippen molar-refractivity contribution in [1.82, 2.24) is 19.2 Å². The summed E-state index contributed by atoms with van der Waals surface area (Å²) < 4.78 is 8.27. The maximum Gasteiger partial charge on any atom is 0.240 e. The van der Waals surface area contributed by atoms with E-state index < -0.39 is 0 Å². The summed E-state index contributed by atoms with van der Waals surface area (Å²) in [5.41, 5.74) is 7.35. The van der Waals surface area contributed by atoms with E-state index in [1.54, 1.807) is 6.20 Å². The minimum Gasteiger partial charge on any atom is -0.353 e. The van der Waals surface area contributed by atoms with E-state index in [1.807, 2.05) is 19.1 Å². The number of amides is 1. The standard InChI is InChI=1S/C15H13N5OS/c1-8-4-14(21)18-19-15(8)9-2-3-11-10(5-9)6-12(17-11)13-7-16-22-20-13/h2-3,5-8,17H,4H2,1H3,(H,18,21). The van der Waals surface area contributed by atoms with Crippen molar-refractivity contribution >= 4 is 34.2 Å². The molecule has 1 aromatic carbocycles. The van der Waals surface area contributed by atoms with Gasteiger partial charge in [0.15, 0.2) is 0 Å². The van der Waals surface area contributed by atoms with Crippen LogP contribution in [0.4, 0.5) is 0 Å². The maximum absolute atomic E-state index is 11.4. The van der Waals surface area contributed by atoms with Crippen molar-refractivity contribution in [3.05, 3.63) is 36.0 Å². The van der Waals surface area contributed by atoms with Crippen molar-refractivity contribution < 1.29 is 4.79 Å². The Hall–Kier alpha value is -2.54. The number of hydrogen-bond acceptors (Lipinski definition) is 5. The highest BCUT2D eigenvalue weighted by Crippen LogP contribution is 2.25. The Kier molecular flexibility index (Phi) is 3.00. The molecule has 4 rings (SSSR count). The van der Waals surface area contributed by atoms with Crippen molar-refractivity contribution in [2.45, 2.75) is 13.3 Å². The Morgan fingerprint density at radius 3 is 3.00 bits per heavy atom. The largest absolute Gasteiger partial charge is 0.353 e. The molecule has 0 bridgehead atoms. The first kappa shape index (κ1) is 13.1. The van der Waals surface area contributed by atoms with E-state index in [2.05, 4.69) is 36.4 Å². The summed E-state index contributed by atoms with van der Waals surface area (Å²) in [5.74, 6) is 0.0876. The van der Waals surface area contributed by atoms with Gasteiger partial charge in [-0.1, -0.05) is 13.0 Å². The minimum atomic E-state index is -0.0303. The average Bonchev–Trinajstić information content (AvgIpc) is 3.15. The fourth-order valence-electron chi connectivity index (χ4n) is 2.72. The molecule has 1 amide bonds. The molecular weight excluding hydrogens is 298 g/mol. The molecule has 0 aliphatic carbocycles. The van der Waals surface area contributed by atoms with Crippen molar-refractivity contribution in [1.29, 1.82) is 0 Å². The van der Waals surface area contributed by atoms with Gasteiger partial charge in [-0.3, -0.25) is 4.79 Å². The average molecular weight is 311 g/mol. The number of aromatic amines is 1. The van der Waals surface area contributed by atoms with Gasteiger partial charge in [0.25, 0.3) is 0 Å². The molecular formula is C15H13N5OS. The predicted octanol–water partition coefficient (Wildman–Crippen LogP) is 2.55. The van der Waals surface area contributed by atoms with Gasteiger partial charge in [-0.15, -0.1) is 0 Å². The summed E-state index contributed by atoms with van der Waals surface area (Å²) in [5, 5.41) is 5.30. The molecule has 0 saturated heterocycles. The number of nitrogens with one attached hydrogen (secondary N) is 2. The molecule has 1 unspecified atom stereocenters. The number of benzene rings is 1. The predicted molar refractivity (Wildman–Crippen MR) is 85.7 cm³/mol. The van der Waals surface area contributed by atoms with E-state index in [0.717, 1.165) is 33.6 Å². The summed E-state index contributed by atoms with van der Waals surface area (Å²) in [6, 6.07) is 8.19. The van der Waals surface area contributed by atoms with Crippen molar-refractivity contribution in [3.8, 4) is 11.4 Å². The van der Waals surface area contributed by atoms with Gasteiger partial charge in [-0.2, -0.15) is 13.8 Å². The highest BCUT2D eigenvalue weighted by atomic mass is 32.1. The topological polar surface area (TPSA) is 83.0 Å². The van der Waals surface area contributed by atoms with Crippen LogP contribution in [0.2, 0.25) is 0 Å². The van der Waals surface area contributed by atoms with Crippen LogP contribution < -0.4 is 5.43 Å². The number of nitrogens with zero attached hydrogens (tertiary/aromatic N) is 3. The zero-order chi connectivity index (χ0) is 15.1. The summed E-state index contributed by atoms with van der Waals surface area (Å²) in [7, 11) is 0. The first-order valence-corrected chi connectivity index (χ1v) is 7.71. The van der Waals surface area contributed by atoms with E-state index in [4.69, 9.17) is 0 Å². The van der Waals surface area contributed by atoms with Crippen molar-refractivity contribution in [2.24, 2.45) is 11.0 Å². The lowest BCUT2D eigenvalue weighted by Gasteiger charge is -2.19. The third-order valence-electron chi connectivity index (χ3n) is 3.81. The molecule has 2 N–H and O–H groups in total. The highest BCUT2D eigenvalue weighted by molar-refractivity contribution is 6.99. The molecule has 110 valence electrons. The van der Waals surface area contributed by atoms with Gasteiger partial charge in [0.05, 0.1) is 29.3 Å². The zero-order valence-corrected chi connectivity index (χ0v) is 12.6. The van der Waals surface area contributed by atoms with Gasteiger partial charge in [-0.25, -0.2) is 5.43 Å². The van der Waals surface area contributed by atoms with Crippen molar-refractivity contribution in [2.75, 3.05) is 0 Å². The van der Waals surface area contributed by atoms with Gasteiger partial charge in [-0.05, 0) is 23.8 Å². The van der Waals surface area contributed by atoms with Gasteiger partial charge in [0, 0.05) is 23.2 Å². The Morgan fingerprint density at radius 2 is 2.23 bits per heavy atom. The van der Waals surface area contributed by atoms with Crippen LogP contribution in [-0.2, 0) is 4.79 Å². The Bertz CT molecular complexity index is 881. The molecule has 1 aliphatic heterocycles. The second-order valence-electron chi connectivity index (χ2n) is 5.41. The first-order valence-electron chi connectivity index (χ1n) is 6.98. The third kappa shape index (κ3) is 2.19. The molecule has 0 fully saturated rings. The lowest BCUT2D eigenvalue weighted by molar-refractivity contribution is -0.121. The van der Waals surface area contributed by atoms with E-state index in [-0.39, 0.29) is 11.8 Å². The highest BCUT2D eigenvalue weighted by Gasteiger charge is 2.21. The normalized spacial score (nSPS) is 18.3. The number of hydrazone groups is 1. The number of carbonyl (C=O) groups is 1. The van der Waals surface area contributed by atoms with Gasteiger partial charge < -0.3 is 4.98 Å². The molecule has 1 atom stereocenters. The molecule has 3 aromatic rings. The van der Waals surface area contributed by atoms with Crippen LogP contribution in [0.25, 0.3) is 22.3 Å². The summed E-state index contributed by atoms with van der Waals surface area (Å²) in [6.45, 7) is 2.02. The monoisotopic (exact) mass is 311 g/mol. The molecule has 0 saturated carbocycles. The lowest BCUT2D eigenvalue weighted by atomic mass is 9.93. The van der Waals surface area contributed by atoms with Crippen LogP contribution in [0.1, 0.15) is 18.9 Å². The van der Waals surface area contributed by atoms with E-state index in [1.165, 1.54) is 11.7 Å². The molecule has 7 heteroatoms. The van der Waals surface area contributed by atoms with Crippen LogP contribution in [0.5, 0.6) is 0 Å². The maximum atomic E-state index is 11.4. The molecule has 6 nitrogen and oxygen atoms in total. The number of hydrogen-bond donors (Lipinski definition) is 2. The molecule has 0 radical (unpaired) electrons. The summed E-state index contributed by atoms with van der Waals surface area (Å²) >= 11 is 1.19. The second-order valence-corrected chi connectivity index (χ2v) is 5.97. The third-order valence-corrected chi connectivity index (χ3v) is 4.29. The Balaban J connectivity index is 1.76. The van der Waals surface area contributed by atoms with Crippen LogP contribution in [0, 0.1) is 5.92 Å². The zero-order valence-electron chi connectivity index (χ0n) is 11.8. The molecule has 3 heterocycles. The van der Waals surface area contributed by atoms with E-state index >= 15 is 0 Å². The van der Waals surface area contributed by atoms with Crippen LogP contribution in [0.3, 0.4) is 0 Å². The van der Waals surface area contributed by atoms with E-state index in [0.29, 0.717) is 6.42 Å². The Labute approximate surface area is 130 Å². The number of aromatic nitrogens is 3. The molecule has 22 heavy (non-hydrogen) atoms. The van der Waals surface area contributed by atoms with Gasteiger partial charge in [0.1, 0.15) is 5.69 Å². The first-order chi connectivity index (χ1) is 10.7. The number of fused-ring (bicyclic) bond motifs is 1. The van der Waals surface area contributed by atoms with Crippen LogP contribution >= 0.6 is 11.7 Å². The SMILES string of the molecule is CC1CC(=O)NN=C1c1ccc2[nH]c(-c3cnsn3)cc2c1. The molecule has 1 aliphatic rings. The number of H-pyrrole nitrogens is 1. The fourth-order valence-corrected chi connectivity index (χ4v) is 3.14. The van der Waals surface area contributed by atoms with Crippen molar-refractivity contribution in [3.63, 3.8) is 0 Å². The van der Waals surface area contributed by atoms with Gasteiger partial charge >= 0.3 is 0 Å².